The fourth-order valence-electron chi connectivity index (χ4n) is 4.44. The van der Waals surface area contributed by atoms with Crippen molar-refractivity contribution in [1.29, 1.82) is 0 Å². The molecule has 4 rings (SSSR count). The Hall–Kier alpha value is -2.01. The van der Waals surface area contributed by atoms with Crippen LogP contribution in [0.2, 0.25) is 0 Å². The van der Waals surface area contributed by atoms with Gasteiger partial charge in [0.05, 0.1) is 18.2 Å². The molecule has 2 aliphatic heterocycles. The van der Waals surface area contributed by atoms with Crippen LogP contribution in [-0.2, 0) is 29.4 Å². The first-order valence-corrected chi connectivity index (χ1v) is 13.2. The molecule has 0 radical (unpaired) electrons. The number of nitrogens with zero attached hydrogens (tertiary/aromatic N) is 4. The molecule has 0 aliphatic carbocycles. The van der Waals surface area contributed by atoms with Gasteiger partial charge < -0.3 is 14.2 Å². The Bertz CT molecular complexity index is 1140. The summed E-state index contributed by atoms with van der Waals surface area (Å²) in [6.07, 6.45) is -0.571. The number of hydrogen-bond donors (Lipinski definition) is 0. The van der Waals surface area contributed by atoms with Crippen molar-refractivity contribution >= 4 is 17.2 Å². The average Bonchev–Trinajstić information content (AvgIpc) is 3.45. The van der Waals surface area contributed by atoms with E-state index in [4.69, 9.17) is 4.74 Å². The minimum atomic E-state index is -4.54. The van der Waals surface area contributed by atoms with E-state index in [0.717, 1.165) is 56.0 Å². The van der Waals surface area contributed by atoms with E-state index in [1.165, 1.54) is 17.4 Å². The summed E-state index contributed by atoms with van der Waals surface area (Å²) in [5.74, 6) is -0.645. The molecule has 36 heavy (non-hydrogen) atoms. The van der Waals surface area contributed by atoms with Gasteiger partial charge in [-0.2, -0.15) is 18.2 Å². The summed E-state index contributed by atoms with van der Waals surface area (Å²) in [7, 11) is 2.04. The molecule has 10 heteroatoms. The molecule has 1 aromatic carbocycles. The first kappa shape index (κ1) is 27.0. The fraction of sp³-hybridized carbons (Fsp3) is 0.615. The highest BCUT2D eigenvalue weighted by Gasteiger charge is 2.32. The molecule has 0 spiro atoms. The topological polar surface area (TPSA) is 50.1 Å². The number of benzene rings is 1. The smallest absolute Gasteiger partial charge is 0.376 e. The summed E-state index contributed by atoms with van der Waals surface area (Å²) in [5.41, 5.74) is -0.405. The Labute approximate surface area is 214 Å². The van der Waals surface area contributed by atoms with Crippen molar-refractivity contribution in [3.63, 3.8) is 0 Å². The molecule has 6 nitrogen and oxygen atoms in total. The highest BCUT2D eigenvalue weighted by Crippen LogP contribution is 2.31. The van der Waals surface area contributed by atoms with E-state index in [9.17, 15) is 18.0 Å². The van der Waals surface area contributed by atoms with Crippen LogP contribution in [0.1, 0.15) is 60.0 Å². The summed E-state index contributed by atoms with van der Waals surface area (Å²) < 4.78 is 48.3. The number of hydrogen-bond acceptors (Lipinski definition) is 5. The maximum Gasteiger partial charge on any atom is 0.416 e. The van der Waals surface area contributed by atoms with Crippen molar-refractivity contribution in [2.24, 2.45) is 4.99 Å². The Morgan fingerprint density at radius 1 is 1.17 bits per heavy atom. The van der Waals surface area contributed by atoms with E-state index in [2.05, 4.69) is 35.6 Å². The second-order valence-electron chi connectivity index (χ2n) is 10.8. The molecular formula is C26H35F3N4O2S. The van der Waals surface area contributed by atoms with Crippen molar-refractivity contribution in [3.05, 3.63) is 50.8 Å². The van der Waals surface area contributed by atoms with E-state index in [1.54, 1.807) is 0 Å². The normalized spacial score (nSPS) is 20.9. The standard InChI is InChI=1S/C26H35F3N4O2S/c1-25(2,3)22-17-33(16-20-6-5-13-35-20)24(36-22)30-23(34)21-14-19(26(27,28)29)8-7-18(21)15-32-11-9-31(4)10-12-32/h7-8,14,17,20H,5-6,9-13,15-16H2,1-4H3/b30-24-/t20-/m1/s1. The van der Waals surface area contributed by atoms with Gasteiger partial charge in [0, 0.05) is 56.0 Å². The molecule has 0 saturated carbocycles. The minimum absolute atomic E-state index is 0.0122. The van der Waals surface area contributed by atoms with Gasteiger partial charge in [-0.1, -0.05) is 26.8 Å². The van der Waals surface area contributed by atoms with Crippen LogP contribution in [0.5, 0.6) is 0 Å². The zero-order valence-corrected chi connectivity index (χ0v) is 22.2. The monoisotopic (exact) mass is 524 g/mol. The molecule has 0 bridgehead atoms. The van der Waals surface area contributed by atoms with Gasteiger partial charge in [-0.25, -0.2) is 0 Å². The van der Waals surface area contributed by atoms with Crippen LogP contribution in [0.25, 0.3) is 0 Å². The minimum Gasteiger partial charge on any atom is -0.376 e. The zero-order valence-electron chi connectivity index (χ0n) is 21.4. The largest absolute Gasteiger partial charge is 0.416 e. The van der Waals surface area contributed by atoms with Crippen LogP contribution in [0.15, 0.2) is 29.4 Å². The predicted molar refractivity (Wildman–Crippen MR) is 134 cm³/mol. The third-order valence-corrected chi connectivity index (χ3v) is 8.18. The molecule has 1 atom stereocenters. The lowest BCUT2D eigenvalue weighted by atomic mass is 9.95. The van der Waals surface area contributed by atoms with E-state index in [-0.39, 0.29) is 17.1 Å². The third kappa shape index (κ3) is 6.65. The van der Waals surface area contributed by atoms with Gasteiger partial charge >= 0.3 is 6.18 Å². The molecule has 3 heterocycles. The second-order valence-corrected chi connectivity index (χ2v) is 11.8. The quantitative estimate of drug-likeness (QED) is 0.577. The van der Waals surface area contributed by atoms with Gasteiger partial charge in [-0.15, -0.1) is 11.3 Å². The van der Waals surface area contributed by atoms with Crippen molar-refractivity contribution in [2.45, 2.75) is 64.4 Å². The van der Waals surface area contributed by atoms with Crippen LogP contribution in [0.3, 0.4) is 0 Å². The molecule has 0 N–H and O–H groups in total. The Morgan fingerprint density at radius 2 is 1.89 bits per heavy atom. The number of piperazine rings is 1. The molecule has 2 aliphatic rings. The molecule has 2 aromatic rings. The van der Waals surface area contributed by atoms with Crippen LogP contribution < -0.4 is 4.80 Å². The van der Waals surface area contributed by atoms with Gasteiger partial charge in [0.25, 0.3) is 5.91 Å². The third-order valence-electron chi connectivity index (χ3n) is 6.74. The van der Waals surface area contributed by atoms with Crippen LogP contribution in [-0.4, -0.2) is 66.2 Å². The summed E-state index contributed by atoms with van der Waals surface area (Å²) in [5, 5.41) is 0. The molecule has 1 amide bonds. The number of thiazole rings is 1. The fourth-order valence-corrected chi connectivity index (χ4v) is 5.49. The van der Waals surface area contributed by atoms with Gasteiger partial charge in [-0.3, -0.25) is 9.69 Å². The van der Waals surface area contributed by atoms with Crippen molar-refractivity contribution in [2.75, 3.05) is 39.8 Å². The van der Waals surface area contributed by atoms with Gasteiger partial charge in [0.2, 0.25) is 0 Å². The number of aromatic nitrogens is 1. The molecule has 0 unspecified atom stereocenters. The highest BCUT2D eigenvalue weighted by atomic mass is 32.1. The van der Waals surface area contributed by atoms with E-state index in [0.29, 0.717) is 30.1 Å². The highest BCUT2D eigenvalue weighted by molar-refractivity contribution is 7.09. The number of halogens is 3. The summed E-state index contributed by atoms with van der Waals surface area (Å²) in [6.45, 7) is 11.3. The van der Waals surface area contributed by atoms with E-state index < -0.39 is 17.6 Å². The maximum atomic E-state index is 13.5. The van der Waals surface area contributed by atoms with Crippen molar-refractivity contribution in [1.82, 2.24) is 14.4 Å². The van der Waals surface area contributed by atoms with Crippen molar-refractivity contribution < 1.29 is 22.7 Å². The summed E-state index contributed by atoms with van der Waals surface area (Å²) in [4.78, 5) is 23.8. The molecule has 1 aromatic heterocycles. The number of carbonyl (C=O) groups excluding carboxylic acids is 1. The van der Waals surface area contributed by atoms with Gasteiger partial charge in [0.15, 0.2) is 4.80 Å². The van der Waals surface area contributed by atoms with Crippen LogP contribution in [0.4, 0.5) is 13.2 Å². The number of alkyl halides is 3. The number of rotatable bonds is 5. The number of likely N-dealkylation sites (N-methyl/N-ethyl adjacent to an activating group) is 1. The molecule has 2 saturated heterocycles. The Balaban J connectivity index is 1.71. The number of amides is 1. The average molecular weight is 525 g/mol. The van der Waals surface area contributed by atoms with E-state index in [1.807, 2.05) is 17.8 Å². The first-order chi connectivity index (χ1) is 16.9. The lowest BCUT2D eigenvalue weighted by Gasteiger charge is -2.32. The van der Waals surface area contributed by atoms with E-state index >= 15 is 0 Å². The summed E-state index contributed by atoms with van der Waals surface area (Å²) in [6, 6.07) is 3.45. The zero-order chi connectivity index (χ0) is 26.1. The maximum absolute atomic E-state index is 13.5. The Morgan fingerprint density at radius 3 is 2.50 bits per heavy atom. The lowest BCUT2D eigenvalue weighted by Crippen LogP contribution is -2.44. The van der Waals surface area contributed by atoms with Gasteiger partial charge in [-0.05, 0) is 43.0 Å². The number of ether oxygens (including phenoxy) is 1. The summed E-state index contributed by atoms with van der Waals surface area (Å²) >= 11 is 1.41. The second kappa shape index (κ2) is 10.8. The SMILES string of the molecule is CN1CCN(Cc2ccc(C(F)(F)F)cc2C(=O)/N=c2\sc(C(C)(C)C)cn2C[C@H]2CCCO2)CC1. The van der Waals surface area contributed by atoms with Gasteiger partial charge in [0.1, 0.15) is 0 Å². The molecule has 198 valence electrons. The Kier molecular flexibility index (Phi) is 8.09. The predicted octanol–water partition coefficient (Wildman–Crippen LogP) is 4.53. The molecular weight excluding hydrogens is 489 g/mol. The first-order valence-electron chi connectivity index (χ1n) is 12.4. The van der Waals surface area contributed by atoms with Crippen molar-refractivity contribution in [3.8, 4) is 0 Å². The molecule has 2 fully saturated rings. The van der Waals surface area contributed by atoms with Crippen LogP contribution in [0, 0.1) is 0 Å². The lowest BCUT2D eigenvalue weighted by molar-refractivity contribution is -0.137. The number of carbonyl (C=O) groups is 1. The van der Waals surface area contributed by atoms with Crippen LogP contribution >= 0.6 is 11.3 Å².